The van der Waals surface area contributed by atoms with Crippen LogP contribution in [0.5, 0.6) is 0 Å². The van der Waals surface area contributed by atoms with Crippen molar-refractivity contribution in [1.82, 2.24) is 40.0 Å². The number of H-pyrrole nitrogens is 1. The molecule has 4 aromatic rings. The molecule has 1 aliphatic rings. The number of aromatic nitrogens is 8. The molecule has 1 saturated carbocycles. The Hall–Kier alpha value is -3.29. The lowest BCUT2D eigenvalue weighted by Gasteiger charge is -2.24. The zero-order valence-electron chi connectivity index (χ0n) is 21.7. The highest BCUT2D eigenvalue weighted by molar-refractivity contribution is 5.57. The summed E-state index contributed by atoms with van der Waals surface area (Å²) in [6.45, 7) is 5.19. The molecule has 5 rings (SSSR count). The van der Waals surface area contributed by atoms with E-state index in [1.807, 2.05) is 0 Å². The van der Waals surface area contributed by atoms with Gasteiger partial charge in [0.1, 0.15) is 5.82 Å². The number of nitrogens with one attached hydrogen (secondary N) is 1. The van der Waals surface area contributed by atoms with Crippen molar-refractivity contribution >= 4 is 0 Å². The summed E-state index contributed by atoms with van der Waals surface area (Å²) in [5, 5.41) is 19.7. The summed E-state index contributed by atoms with van der Waals surface area (Å²) in [6.07, 6.45) is 13.0. The number of unbranched alkanes of at least 4 members (excludes halogenated alkanes) is 2. The molecule has 36 heavy (non-hydrogen) atoms. The van der Waals surface area contributed by atoms with E-state index in [1.54, 1.807) is 0 Å². The van der Waals surface area contributed by atoms with E-state index >= 15 is 0 Å². The van der Waals surface area contributed by atoms with Gasteiger partial charge in [-0.25, -0.2) is 14.8 Å². The first kappa shape index (κ1) is 24.4. The summed E-state index contributed by atoms with van der Waals surface area (Å²) in [5.74, 6) is 3.36. The van der Waals surface area contributed by atoms with Gasteiger partial charge >= 0.3 is 0 Å². The Morgan fingerprint density at radius 3 is 2.42 bits per heavy atom. The van der Waals surface area contributed by atoms with Crippen molar-refractivity contribution in [3.63, 3.8) is 0 Å². The van der Waals surface area contributed by atoms with E-state index in [9.17, 15) is 0 Å². The van der Waals surface area contributed by atoms with E-state index in [1.165, 1.54) is 43.4 Å². The highest BCUT2D eigenvalue weighted by atomic mass is 15.5. The SMILES string of the molecule is CCCCc1nc(CCCC)n(Cc2ccc(-n3c(-c4nnn[nH]4)ccc3C3CCCCC3)cc2)n1. The maximum absolute atomic E-state index is 4.87. The van der Waals surface area contributed by atoms with Crippen molar-refractivity contribution in [1.29, 1.82) is 0 Å². The molecule has 1 fully saturated rings. The molecule has 0 bridgehead atoms. The Balaban J connectivity index is 1.42. The van der Waals surface area contributed by atoms with E-state index in [-0.39, 0.29) is 0 Å². The molecule has 0 unspecified atom stereocenters. The van der Waals surface area contributed by atoms with Gasteiger partial charge in [0.25, 0.3) is 0 Å². The summed E-state index contributed by atoms with van der Waals surface area (Å²) in [6, 6.07) is 13.3. The highest BCUT2D eigenvalue weighted by Gasteiger charge is 2.23. The van der Waals surface area contributed by atoms with Crippen molar-refractivity contribution in [2.75, 3.05) is 0 Å². The molecule has 0 radical (unpaired) electrons. The van der Waals surface area contributed by atoms with E-state index in [0.717, 1.165) is 68.1 Å². The molecule has 0 amide bonds. The predicted octanol–water partition coefficient (Wildman–Crippen LogP) is 6.03. The summed E-state index contributed by atoms with van der Waals surface area (Å²) >= 11 is 0. The number of rotatable bonds is 11. The molecule has 8 nitrogen and oxygen atoms in total. The maximum atomic E-state index is 4.87. The van der Waals surface area contributed by atoms with Gasteiger partial charge in [-0.3, -0.25) is 0 Å². The zero-order valence-corrected chi connectivity index (χ0v) is 21.7. The molecular weight excluding hydrogens is 448 g/mol. The minimum atomic E-state index is 0.570. The van der Waals surface area contributed by atoms with Crippen LogP contribution < -0.4 is 0 Å². The number of aromatic amines is 1. The standard InChI is InChI=1S/C28H38N8/c1-3-5-12-26-29-27(13-6-4-2)35(32-26)20-21-14-16-23(17-15-21)36-24(22-10-8-7-9-11-22)18-19-25(36)28-30-33-34-31-28/h14-19,22H,3-13,20H2,1-2H3,(H,30,31,33,34). The second-order valence-corrected chi connectivity index (χ2v) is 10.0. The van der Waals surface area contributed by atoms with Crippen LogP contribution in [-0.2, 0) is 19.4 Å². The molecule has 8 heteroatoms. The lowest BCUT2D eigenvalue weighted by atomic mass is 9.87. The van der Waals surface area contributed by atoms with E-state index in [0.29, 0.717) is 11.7 Å². The van der Waals surface area contributed by atoms with Crippen LogP contribution >= 0.6 is 0 Å². The first-order valence-electron chi connectivity index (χ1n) is 13.7. The fraction of sp³-hybridized carbons (Fsp3) is 0.536. The summed E-state index contributed by atoms with van der Waals surface area (Å²) in [4.78, 5) is 4.87. The third-order valence-corrected chi connectivity index (χ3v) is 7.35. The maximum Gasteiger partial charge on any atom is 0.196 e. The van der Waals surface area contributed by atoms with E-state index < -0.39 is 0 Å². The first-order chi connectivity index (χ1) is 17.8. The van der Waals surface area contributed by atoms with E-state index in [2.05, 4.69) is 80.1 Å². The minimum Gasteiger partial charge on any atom is -0.310 e. The third-order valence-electron chi connectivity index (χ3n) is 7.35. The van der Waals surface area contributed by atoms with Crippen LogP contribution in [0.25, 0.3) is 17.2 Å². The fourth-order valence-electron chi connectivity index (χ4n) is 5.35. The molecule has 0 aliphatic heterocycles. The van der Waals surface area contributed by atoms with Crippen molar-refractivity contribution in [3.8, 4) is 17.2 Å². The van der Waals surface area contributed by atoms with Gasteiger partial charge in [-0.15, -0.1) is 5.10 Å². The molecule has 1 aromatic carbocycles. The smallest absolute Gasteiger partial charge is 0.196 e. The fourth-order valence-corrected chi connectivity index (χ4v) is 5.35. The Bertz CT molecular complexity index is 1210. The number of aryl methyl sites for hydroxylation is 2. The van der Waals surface area contributed by atoms with Crippen molar-refractivity contribution < 1.29 is 0 Å². The first-order valence-corrected chi connectivity index (χ1v) is 13.7. The molecule has 0 saturated heterocycles. The van der Waals surface area contributed by atoms with Gasteiger partial charge in [0, 0.05) is 24.2 Å². The van der Waals surface area contributed by atoms with Crippen molar-refractivity contribution in [2.45, 2.75) is 96.9 Å². The quantitative estimate of drug-likeness (QED) is 0.279. The van der Waals surface area contributed by atoms with Crippen LogP contribution in [-0.4, -0.2) is 40.0 Å². The number of tetrazole rings is 1. The average molecular weight is 487 g/mol. The third kappa shape index (κ3) is 5.42. The second-order valence-electron chi connectivity index (χ2n) is 10.0. The normalized spacial score (nSPS) is 14.5. The summed E-state index contributed by atoms with van der Waals surface area (Å²) in [7, 11) is 0. The molecule has 0 spiro atoms. The Morgan fingerprint density at radius 1 is 0.917 bits per heavy atom. The molecule has 3 aromatic heterocycles. The number of nitrogens with zero attached hydrogens (tertiary/aromatic N) is 7. The van der Waals surface area contributed by atoms with Crippen LogP contribution in [0.3, 0.4) is 0 Å². The second kappa shape index (κ2) is 11.6. The summed E-state index contributed by atoms with van der Waals surface area (Å²) in [5.41, 5.74) is 4.74. The lowest BCUT2D eigenvalue weighted by Crippen LogP contribution is -2.11. The molecule has 1 aliphatic carbocycles. The van der Waals surface area contributed by atoms with Gasteiger partial charge in [0.15, 0.2) is 11.6 Å². The van der Waals surface area contributed by atoms with Gasteiger partial charge in [-0.1, -0.05) is 58.1 Å². The monoisotopic (exact) mass is 486 g/mol. The minimum absolute atomic E-state index is 0.570. The van der Waals surface area contributed by atoms with Crippen LogP contribution in [0.1, 0.15) is 100 Å². The molecule has 1 N–H and O–H groups in total. The average Bonchev–Trinajstić information content (AvgIpc) is 3.67. The topological polar surface area (TPSA) is 90.1 Å². The Labute approximate surface area is 213 Å². The molecule has 3 heterocycles. The van der Waals surface area contributed by atoms with Crippen LogP contribution in [0.15, 0.2) is 36.4 Å². The number of benzene rings is 1. The zero-order chi connectivity index (χ0) is 24.7. The highest BCUT2D eigenvalue weighted by Crippen LogP contribution is 2.36. The van der Waals surface area contributed by atoms with Gasteiger partial charge in [-0.05, 0) is 71.9 Å². The molecule has 190 valence electrons. The van der Waals surface area contributed by atoms with Gasteiger partial charge in [0.05, 0.1) is 12.2 Å². The number of hydrogen-bond donors (Lipinski definition) is 1. The van der Waals surface area contributed by atoms with Crippen molar-refractivity contribution in [3.05, 3.63) is 59.3 Å². The molecular formula is C28H38N8. The molecule has 0 atom stereocenters. The van der Waals surface area contributed by atoms with Crippen molar-refractivity contribution in [2.24, 2.45) is 0 Å². The van der Waals surface area contributed by atoms with Gasteiger partial charge in [-0.2, -0.15) is 5.10 Å². The lowest BCUT2D eigenvalue weighted by molar-refractivity contribution is 0.433. The number of hydrogen-bond acceptors (Lipinski definition) is 5. The largest absolute Gasteiger partial charge is 0.310 e. The van der Waals surface area contributed by atoms with Gasteiger partial charge in [0.2, 0.25) is 0 Å². The van der Waals surface area contributed by atoms with Crippen LogP contribution in [0.2, 0.25) is 0 Å². The van der Waals surface area contributed by atoms with Crippen LogP contribution in [0.4, 0.5) is 0 Å². The van der Waals surface area contributed by atoms with Crippen LogP contribution in [0, 0.1) is 0 Å². The Morgan fingerprint density at radius 2 is 1.69 bits per heavy atom. The van der Waals surface area contributed by atoms with Gasteiger partial charge < -0.3 is 4.57 Å². The summed E-state index contributed by atoms with van der Waals surface area (Å²) < 4.78 is 4.46. The predicted molar refractivity (Wildman–Crippen MR) is 141 cm³/mol. The Kier molecular flexibility index (Phi) is 7.88. The van der Waals surface area contributed by atoms with E-state index in [4.69, 9.17) is 10.1 Å².